The lowest BCUT2D eigenvalue weighted by molar-refractivity contribution is 0.0235. The topological polar surface area (TPSA) is 96.4 Å². The monoisotopic (exact) mass is 376 g/mol. The van der Waals surface area contributed by atoms with Gasteiger partial charge in [-0.25, -0.2) is 9.97 Å². The zero-order valence-electron chi connectivity index (χ0n) is 15.2. The lowest BCUT2D eigenvalue weighted by atomic mass is 9.75. The third-order valence-electron chi connectivity index (χ3n) is 4.57. The van der Waals surface area contributed by atoms with Crippen molar-refractivity contribution >= 4 is 22.4 Å². The molecule has 0 aliphatic heterocycles. The van der Waals surface area contributed by atoms with Gasteiger partial charge in [0.25, 0.3) is 5.91 Å². The fourth-order valence-corrected chi connectivity index (χ4v) is 4.05. The molecule has 1 saturated carbocycles. The molecular formula is C18H24N4O3S. The molecule has 1 aliphatic rings. The molecule has 0 spiro atoms. The maximum Gasteiger partial charge on any atom is 0.263 e. The number of hydrogen-bond donors (Lipinski definition) is 3. The lowest BCUT2D eigenvalue weighted by Gasteiger charge is -2.38. The van der Waals surface area contributed by atoms with E-state index in [1.54, 1.807) is 19.4 Å². The van der Waals surface area contributed by atoms with E-state index in [0.29, 0.717) is 29.3 Å². The number of nitrogens with zero attached hydrogens (tertiary/aromatic N) is 2. The molecule has 1 atom stereocenters. The van der Waals surface area contributed by atoms with E-state index in [9.17, 15) is 9.90 Å². The number of carbonyl (C=O) groups is 1. The van der Waals surface area contributed by atoms with Crippen molar-refractivity contribution in [1.82, 2.24) is 15.3 Å². The summed E-state index contributed by atoms with van der Waals surface area (Å²) in [6.07, 6.45) is 2.76. The molecule has 7 nitrogen and oxygen atoms in total. The number of hydrogen-bond acceptors (Lipinski definition) is 7. The molecule has 0 saturated heterocycles. The van der Waals surface area contributed by atoms with Gasteiger partial charge >= 0.3 is 0 Å². The molecule has 2 aromatic heterocycles. The number of carbonyl (C=O) groups excluding carboxylic acids is 1. The van der Waals surface area contributed by atoms with Crippen LogP contribution in [-0.4, -0.2) is 40.7 Å². The number of aliphatic hydroxyl groups is 1. The minimum absolute atomic E-state index is 0.147. The van der Waals surface area contributed by atoms with E-state index in [-0.39, 0.29) is 24.0 Å². The summed E-state index contributed by atoms with van der Waals surface area (Å²) in [5.41, 5.74) is 1.62. The summed E-state index contributed by atoms with van der Waals surface area (Å²) in [5, 5.41) is 16.7. The number of thiazole rings is 1. The molecule has 3 rings (SSSR count). The summed E-state index contributed by atoms with van der Waals surface area (Å²) < 4.78 is 5.11. The zero-order valence-corrected chi connectivity index (χ0v) is 16.0. The van der Waals surface area contributed by atoms with E-state index in [1.165, 1.54) is 11.3 Å². The summed E-state index contributed by atoms with van der Waals surface area (Å²) in [6.45, 7) is 4.59. The van der Waals surface area contributed by atoms with Gasteiger partial charge < -0.3 is 20.5 Å². The highest BCUT2D eigenvalue weighted by molar-refractivity contribution is 7.17. The van der Waals surface area contributed by atoms with Crippen LogP contribution < -0.4 is 15.4 Å². The van der Waals surface area contributed by atoms with Gasteiger partial charge in [-0.2, -0.15) is 0 Å². The summed E-state index contributed by atoms with van der Waals surface area (Å²) in [7, 11) is 1.57. The van der Waals surface area contributed by atoms with Crippen LogP contribution in [0.5, 0.6) is 5.88 Å². The highest BCUT2D eigenvalue weighted by Crippen LogP contribution is 2.38. The first-order valence-corrected chi connectivity index (χ1v) is 9.53. The van der Waals surface area contributed by atoms with Gasteiger partial charge in [-0.1, -0.05) is 17.4 Å². The van der Waals surface area contributed by atoms with Crippen molar-refractivity contribution in [3.8, 4) is 5.88 Å². The van der Waals surface area contributed by atoms with Crippen molar-refractivity contribution in [3.63, 3.8) is 0 Å². The first-order chi connectivity index (χ1) is 12.5. The smallest absolute Gasteiger partial charge is 0.263 e. The molecule has 0 aromatic carbocycles. The van der Waals surface area contributed by atoms with Crippen LogP contribution in [0.4, 0.5) is 5.13 Å². The zero-order chi connectivity index (χ0) is 18.7. The summed E-state index contributed by atoms with van der Waals surface area (Å²) in [6, 6.07) is 3.49. The number of amides is 1. The Labute approximate surface area is 156 Å². The predicted octanol–water partition coefficient (Wildman–Crippen LogP) is 2.53. The molecule has 2 aromatic rings. The second-order valence-electron chi connectivity index (χ2n) is 6.43. The first-order valence-electron chi connectivity index (χ1n) is 8.72. The summed E-state index contributed by atoms with van der Waals surface area (Å²) in [4.78, 5) is 22.1. The molecule has 8 heteroatoms. The van der Waals surface area contributed by atoms with Crippen LogP contribution in [0.2, 0.25) is 0 Å². The van der Waals surface area contributed by atoms with Crippen LogP contribution in [-0.2, 0) is 0 Å². The molecule has 2 heterocycles. The average Bonchev–Trinajstić information content (AvgIpc) is 2.98. The number of anilines is 1. The third-order valence-corrected chi connectivity index (χ3v) is 5.68. The molecule has 3 N–H and O–H groups in total. The number of pyridine rings is 1. The Morgan fingerprint density at radius 2 is 2.23 bits per heavy atom. The van der Waals surface area contributed by atoms with Crippen LogP contribution in [0, 0.1) is 12.8 Å². The molecule has 1 amide bonds. The van der Waals surface area contributed by atoms with Crippen molar-refractivity contribution in [3.05, 3.63) is 34.5 Å². The highest BCUT2D eigenvalue weighted by Gasteiger charge is 2.36. The van der Waals surface area contributed by atoms with E-state index >= 15 is 0 Å². The summed E-state index contributed by atoms with van der Waals surface area (Å²) in [5.74, 6) is 0.568. The SMILES string of the molecule is CCNc1nc(C)c(C(=O)NC(c2ccc(OC)nc2)C2CC(O)C2)s1. The average molecular weight is 376 g/mol. The van der Waals surface area contributed by atoms with Crippen LogP contribution in [0.3, 0.4) is 0 Å². The number of ether oxygens (including phenoxy) is 1. The Bertz CT molecular complexity index is 756. The fourth-order valence-electron chi connectivity index (χ4n) is 3.11. The van der Waals surface area contributed by atoms with Gasteiger partial charge in [-0.3, -0.25) is 4.79 Å². The highest BCUT2D eigenvalue weighted by atomic mass is 32.1. The normalized spacial score (nSPS) is 20.2. The summed E-state index contributed by atoms with van der Waals surface area (Å²) >= 11 is 1.35. The molecule has 26 heavy (non-hydrogen) atoms. The minimum atomic E-state index is -0.295. The van der Waals surface area contributed by atoms with Crippen LogP contribution in [0.15, 0.2) is 18.3 Å². The second-order valence-corrected chi connectivity index (χ2v) is 7.43. The van der Waals surface area contributed by atoms with Gasteiger partial charge in [0.05, 0.1) is 24.9 Å². The Hall–Kier alpha value is -2.19. The second kappa shape index (κ2) is 8.01. The lowest BCUT2D eigenvalue weighted by Crippen LogP contribution is -2.41. The third kappa shape index (κ3) is 3.96. The fraction of sp³-hybridized carbons (Fsp3) is 0.500. The Kier molecular flexibility index (Phi) is 5.73. The largest absolute Gasteiger partial charge is 0.481 e. The van der Waals surface area contributed by atoms with Gasteiger partial charge in [0.15, 0.2) is 5.13 Å². The van der Waals surface area contributed by atoms with E-state index < -0.39 is 0 Å². The van der Waals surface area contributed by atoms with Gasteiger partial charge in [-0.05, 0) is 38.2 Å². The molecule has 140 valence electrons. The van der Waals surface area contributed by atoms with E-state index in [0.717, 1.165) is 17.2 Å². The number of aliphatic hydroxyl groups excluding tert-OH is 1. The number of methoxy groups -OCH3 is 1. The molecule has 1 unspecified atom stereocenters. The maximum absolute atomic E-state index is 12.8. The number of nitrogens with one attached hydrogen (secondary N) is 2. The van der Waals surface area contributed by atoms with Gasteiger partial charge in [0, 0.05) is 18.8 Å². The van der Waals surface area contributed by atoms with Crippen molar-refractivity contribution in [2.45, 2.75) is 38.8 Å². The van der Waals surface area contributed by atoms with Crippen LogP contribution in [0.25, 0.3) is 0 Å². The standard InChI is InChI=1S/C18H24N4O3S/c1-4-19-18-21-10(2)16(26-18)17(24)22-15(12-7-13(23)8-12)11-5-6-14(25-3)20-9-11/h5-6,9,12-13,15,23H,4,7-8H2,1-3H3,(H,19,21)(H,22,24). The van der Waals surface area contributed by atoms with Crippen molar-refractivity contribution < 1.29 is 14.6 Å². The van der Waals surface area contributed by atoms with Crippen LogP contribution in [0.1, 0.15) is 46.7 Å². The molecule has 0 radical (unpaired) electrons. The van der Waals surface area contributed by atoms with E-state index in [4.69, 9.17) is 4.74 Å². The van der Waals surface area contributed by atoms with E-state index in [2.05, 4.69) is 20.6 Å². The first kappa shape index (κ1) is 18.6. The Morgan fingerprint density at radius 3 is 2.81 bits per heavy atom. The molecule has 1 fully saturated rings. The molecule has 0 bridgehead atoms. The molecule has 1 aliphatic carbocycles. The van der Waals surface area contributed by atoms with Crippen molar-refractivity contribution in [1.29, 1.82) is 0 Å². The van der Waals surface area contributed by atoms with Crippen LogP contribution >= 0.6 is 11.3 Å². The van der Waals surface area contributed by atoms with Gasteiger partial charge in [0.2, 0.25) is 5.88 Å². The number of aryl methyl sites for hydroxylation is 1. The van der Waals surface area contributed by atoms with Gasteiger partial charge in [0.1, 0.15) is 4.88 Å². The number of rotatable bonds is 7. The van der Waals surface area contributed by atoms with E-state index in [1.807, 2.05) is 19.9 Å². The Morgan fingerprint density at radius 1 is 1.46 bits per heavy atom. The van der Waals surface area contributed by atoms with Crippen molar-refractivity contribution in [2.24, 2.45) is 5.92 Å². The minimum Gasteiger partial charge on any atom is -0.481 e. The Balaban J connectivity index is 1.79. The quantitative estimate of drug-likeness (QED) is 0.687. The predicted molar refractivity (Wildman–Crippen MR) is 101 cm³/mol. The molecular weight excluding hydrogens is 352 g/mol. The van der Waals surface area contributed by atoms with Gasteiger partial charge in [-0.15, -0.1) is 0 Å². The van der Waals surface area contributed by atoms with Crippen molar-refractivity contribution in [2.75, 3.05) is 19.0 Å². The number of aromatic nitrogens is 2. The maximum atomic E-state index is 12.8.